The molecule has 1 saturated heterocycles. The van der Waals surface area contributed by atoms with Crippen LogP contribution < -0.4 is 0 Å². The fourth-order valence-corrected chi connectivity index (χ4v) is 1.51. The highest BCUT2D eigenvalue weighted by molar-refractivity contribution is 4.74. The average Bonchev–Trinajstić information content (AvgIpc) is 2.46. The molecule has 2 heteroatoms. The molecule has 0 amide bonds. The van der Waals surface area contributed by atoms with Gasteiger partial charge in [0.05, 0.1) is 12.2 Å². The van der Waals surface area contributed by atoms with Gasteiger partial charge in [-0.15, -0.1) is 0 Å². The van der Waals surface area contributed by atoms with Crippen LogP contribution in [0.4, 0.5) is 0 Å². The molecule has 0 spiro atoms. The lowest BCUT2D eigenvalue weighted by atomic mass is 10.1. The quantitative estimate of drug-likeness (QED) is 0.627. The van der Waals surface area contributed by atoms with Gasteiger partial charge in [-0.1, -0.05) is 20.8 Å². The monoisotopic (exact) mass is 158 g/mol. The molecule has 1 rings (SSSR count). The lowest BCUT2D eigenvalue weighted by Crippen LogP contribution is -2.20. The average molecular weight is 158 g/mol. The van der Waals surface area contributed by atoms with Crippen LogP contribution in [0.15, 0.2) is 0 Å². The third-order valence-corrected chi connectivity index (χ3v) is 2.21. The van der Waals surface area contributed by atoms with Gasteiger partial charge in [0.15, 0.2) is 6.29 Å². The van der Waals surface area contributed by atoms with Crippen molar-refractivity contribution < 1.29 is 9.47 Å². The summed E-state index contributed by atoms with van der Waals surface area (Å²) in [7, 11) is 0. The molecule has 1 fully saturated rings. The molecule has 2 atom stereocenters. The van der Waals surface area contributed by atoms with Gasteiger partial charge < -0.3 is 9.47 Å². The van der Waals surface area contributed by atoms with Crippen LogP contribution in [0, 0.1) is 0 Å². The molecule has 0 aliphatic carbocycles. The largest absolute Gasteiger partial charge is 0.347 e. The smallest absolute Gasteiger partial charge is 0.158 e. The van der Waals surface area contributed by atoms with Crippen molar-refractivity contribution >= 4 is 0 Å². The van der Waals surface area contributed by atoms with Gasteiger partial charge in [-0.25, -0.2) is 0 Å². The van der Waals surface area contributed by atoms with Crippen LogP contribution in [0.5, 0.6) is 0 Å². The van der Waals surface area contributed by atoms with E-state index in [9.17, 15) is 0 Å². The lowest BCUT2D eigenvalue weighted by Gasteiger charge is -2.11. The summed E-state index contributed by atoms with van der Waals surface area (Å²) in [5.74, 6) is 0. The number of hydrogen-bond acceptors (Lipinski definition) is 2. The fraction of sp³-hybridized carbons (Fsp3) is 1.00. The van der Waals surface area contributed by atoms with Crippen molar-refractivity contribution in [3.05, 3.63) is 0 Å². The van der Waals surface area contributed by atoms with Gasteiger partial charge in [0.25, 0.3) is 0 Å². The highest BCUT2D eigenvalue weighted by atomic mass is 16.7. The van der Waals surface area contributed by atoms with Crippen molar-refractivity contribution in [2.24, 2.45) is 0 Å². The van der Waals surface area contributed by atoms with E-state index in [1.807, 2.05) is 0 Å². The van der Waals surface area contributed by atoms with Crippen LogP contribution >= 0.6 is 0 Å². The van der Waals surface area contributed by atoms with Crippen molar-refractivity contribution in [1.82, 2.24) is 0 Å². The standard InChI is InChI=1S/C9H18O2/c1-4-7-8(5-2)11-9(6-3)10-7/h7-9H,4-6H2,1-3H3. The molecular formula is C9H18O2. The predicted octanol–water partition coefficient (Wildman–Crippen LogP) is 2.33. The van der Waals surface area contributed by atoms with Crippen LogP contribution in [0.2, 0.25) is 0 Å². The summed E-state index contributed by atoms with van der Waals surface area (Å²) in [5, 5.41) is 0. The third-order valence-electron chi connectivity index (χ3n) is 2.21. The minimum Gasteiger partial charge on any atom is -0.347 e. The second-order valence-electron chi connectivity index (χ2n) is 3.00. The van der Waals surface area contributed by atoms with Crippen LogP contribution in [0.1, 0.15) is 40.0 Å². The Hall–Kier alpha value is -0.0800. The Morgan fingerprint density at radius 3 is 1.55 bits per heavy atom. The van der Waals surface area contributed by atoms with Crippen LogP contribution in [-0.4, -0.2) is 18.5 Å². The highest BCUT2D eigenvalue weighted by Crippen LogP contribution is 2.24. The van der Waals surface area contributed by atoms with Crippen LogP contribution in [0.25, 0.3) is 0 Å². The summed E-state index contributed by atoms with van der Waals surface area (Å²) in [6, 6.07) is 0. The first-order valence-electron chi connectivity index (χ1n) is 4.62. The second kappa shape index (κ2) is 4.07. The van der Waals surface area contributed by atoms with Gasteiger partial charge in [0.1, 0.15) is 0 Å². The molecule has 2 unspecified atom stereocenters. The SMILES string of the molecule is CCC1OC(CC)C(CC)O1. The van der Waals surface area contributed by atoms with E-state index in [2.05, 4.69) is 20.8 Å². The number of rotatable bonds is 3. The fourth-order valence-electron chi connectivity index (χ4n) is 1.51. The summed E-state index contributed by atoms with van der Waals surface area (Å²) in [6.07, 6.45) is 3.83. The topological polar surface area (TPSA) is 18.5 Å². The molecule has 0 saturated carbocycles. The van der Waals surface area contributed by atoms with Crippen LogP contribution in [0.3, 0.4) is 0 Å². The first-order chi connectivity index (χ1) is 5.31. The summed E-state index contributed by atoms with van der Waals surface area (Å²) < 4.78 is 11.3. The van der Waals surface area contributed by atoms with E-state index in [0.717, 1.165) is 19.3 Å². The Bertz CT molecular complexity index is 102. The molecule has 0 radical (unpaired) electrons. The van der Waals surface area contributed by atoms with Gasteiger partial charge in [0, 0.05) is 0 Å². The Morgan fingerprint density at radius 2 is 1.27 bits per heavy atom. The molecule has 11 heavy (non-hydrogen) atoms. The maximum atomic E-state index is 5.64. The first-order valence-corrected chi connectivity index (χ1v) is 4.62. The van der Waals surface area contributed by atoms with E-state index in [-0.39, 0.29) is 6.29 Å². The molecule has 0 aromatic carbocycles. The van der Waals surface area contributed by atoms with Gasteiger partial charge in [0.2, 0.25) is 0 Å². The highest BCUT2D eigenvalue weighted by Gasteiger charge is 2.32. The minimum absolute atomic E-state index is 0.0601. The zero-order chi connectivity index (χ0) is 8.27. The Morgan fingerprint density at radius 1 is 0.818 bits per heavy atom. The zero-order valence-corrected chi connectivity index (χ0v) is 7.67. The predicted molar refractivity (Wildman–Crippen MR) is 44.4 cm³/mol. The molecular weight excluding hydrogens is 140 g/mol. The molecule has 1 heterocycles. The maximum Gasteiger partial charge on any atom is 0.158 e. The van der Waals surface area contributed by atoms with Crippen molar-refractivity contribution in [2.75, 3.05) is 0 Å². The second-order valence-corrected chi connectivity index (χ2v) is 3.00. The van der Waals surface area contributed by atoms with Crippen molar-refractivity contribution in [2.45, 2.75) is 58.5 Å². The Balaban J connectivity index is 2.41. The van der Waals surface area contributed by atoms with Crippen molar-refractivity contribution in [3.8, 4) is 0 Å². The summed E-state index contributed by atoms with van der Waals surface area (Å²) in [5.41, 5.74) is 0. The summed E-state index contributed by atoms with van der Waals surface area (Å²) in [6.45, 7) is 6.39. The molecule has 0 N–H and O–H groups in total. The van der Waals surface area contributed by atoms with E-state index in [1.54, 1.807) is 0 Å². The molecule has 66 valence electrons. The molecule has 0 aromatic rings. The van der Waals surface area contributed by atoms with Crippen molar-refractivity contribution in [1.29, 1.82) is 0 Å². The van der Waals surface area contributed by atoms with Gasteiger partial charge in [-0.2, -0.15) is 0 Å². The first kappa shape index (κ1) is 9.01. The van der Waals surface area contributed by atoms with Crippen LogP contribution in [-0.2, 0) is 9.47 Å². The van der Waals surface area contributed by atoms with Gasteiger partial charge in [-0.05, 0) is 19.3 Å². The summed E-state index contributed by atoms with van der Waals surface area (Å²) in [4.78, 5) is 0. The van der Waals surface area contributed by atoms with E-state index in [0.29, 0.717) is 12.2 Å². The van der Waals surface area contributed by atoms with Gasteiger partial charge in [-0.3, -0.25) is 0 Å². The van der Waals surface area contributed by atoms with Crippen molar-refractivity contribution in [3.63, 3.8) is 0 Å². The van der Waals surface area contributed by atoms with E-state index >= 15 is 0 Å². The summed E-state index contributed by atoms with van der Waals surface area (Å²) >= 11 is 0. The minimum atomic E-state index is 0.0601. The molecule has 1 aliphatic rings. The van der Waals surface area contributed by atoms with E-state index in [1.165, 1.54) is 0 Å². The van der Waals surface area contributed by atoms with Gasteiger partial charge >= 0.3 is 0 Å². The Labute approximate surface area is 68.9 Å². The van der Waals surface area contributed by atoms with E-state index < -0.39 is 0 Å². The molecule has 0 aromatic heterocycles. The molecule has 1 aliphatic heterocycles. The number of hydrogen-bond donors (Lipinski definition) is 0. The molecule has 0 bridgehead atoms. The zero-order valence-electron chi connectivity index (χ0n) is 7.67. The normalized spacial score (nSPS) is 37.9. The maximum absolute atomic E-state index is 5.64. The lowest BCUT2D eigenvalue weighted by molar-refractivity contribution is -0.0675. The molecule has 2 nitrogen and oxygen atoms in total. The van der Waals surface area contributed by atoms with E-state index in [4.69, 9.17) is 9.47 Å². The Kier molecular flexibility index (Phi) is 3.34. The number of ether oxygens (including phenoxy) is 2. The third kappa shape index (κ3) is 1.94.